The second kappa shape index (κ2) is 4.88. The van der Waals surface area contributed by atoms with Crippen molar-refractivity contribution in [2.45, 2.75) is 13.3 Å². The monoisotopic (exact) mass is 136 g/mol. The van der Waals surface area contributed by atoms with Gasteiger partial charge in [0.05, 0.1) is 0 Å². The fourth-order valence-electron chi connectivity index (χ4n) is 0.474. The van der Waals surface area contributed by atoms with Gasteiger partial charge in [-0.25, -0.2) is 0 Å². The zero-order valence-electron chi connectivity index (χ0n) is 5.36. The molecule has 2 heteroatoms. The van der Waals surface area contributed by atoms with Crippen LogP contribution in [0, 0.1) is 0 Å². The lowest BCUT2D eigenvalue weighted by Gasteiger charge is -1.91. The summed E-state index contributed by atoms with van der Waals surface area (Å²) in [7, 11) is 1.74. The van der Waals surface area contributed by atoms with Gasteiger partial charge in [-0.2, -0.15) is 0 Å². The zero-order chi connectivity index (χ0) is 5.70. The topological polar surface area (TPSA) is 0 Å². The summed E-state index contributed by atoms with van der Waals surface area (Å²) in [5, 5.41) is 0. The van der Waals surface area contributed by atoms with Crippen LogP contribution in [-0.2, 0) is 0 Å². The van der Waals surface area contributed by atoms with Crippen LogP contribution in [0.1, 0.15) is 13.3 Å². The Labute approximate surface area is 48.7 Å². The maximum absolute atomic E-state index is 2.40. The van der Waals surface area contributed by atoms with Crippen molar-refractivity contribution in [3.63, 3.8) is 0 Å². The van der Waals surface area contributed by atoms with E-state index in [0.717, 1.165) is 0 Å². The molecule has 0 heterocycles. The summed E-state index contributed by atoms with van der Waals surface area (Å²) in [5.74, 6) is 0. The van der Waals surface area contributed by atoms with E-state index in [2.05, 4.69) is 20.3 Å². The van der Waals surface area contributed by atoms with Crippen LogP contribution in [0.2, 0.25) is 0 Å². The van der Waals surface area contributed by atoms with Crippen molar-refractivity contribution in [1.82, 2.24) is 0 Å². The van der Waals surface area contributed by atoms with Crippen molar-refractivity contribution in [2.24, 2.45) is 0 Å². The van der Waals surface area contributed by atoms with Crippen LogP contribution in [0.15, 0.2) is 0 Å². The lowest BCUT2D eigenvalue weighted by atomic mass is 10.6. The molecule has 0 aromatic heterocycles. The third-order valence-electron chi connectivity index (χ3n) is 0.994. The van der Waals surface area contributed by atoms with E-state index >= 15 is 0 Å². The molecule has 1 unspecified atom stereocenters. The molecule has 0 aromatic carbocycles. The van der Waals surface area contributed by atoms with Gasteiger partial charge in [0, 0.05) is 0 Å². The molecule has 0 amide bonds. The molecule has 0 nitrogen and oxygen atoms in total. The van der Waals surface area contributed by atoms with Gasteiger partial charge in [-0.3, -0.25) is 0 Å². The summed E-state index contributed by atoms with van der Waals surface area (Å²) in [6.45, 7) is 6.93. The van der Waals surface area contributed by atoms with E-state index in [0.29, 0.717) is 0 Å². The summed E-state index contributed by atoms with van der Waals surface area (Å²) in [4.78, 5) is 0. The third kappa shape index (κ3) is 4.59. The van der Waals surface area contributed by atoms with Crippen LogP contribution in [0.4, 0.5) is 0 Å². The number of hydrogen-bond acceptors (Lipinski definition) is 0. The molecule has 0 aliphatic rings. The van der Waals surface area contributed by atoms with Crippen molar-refractivity contribution in [2.75, 3.05) is 19.5 Å². The molecule has 7 heavy (non-hydrogen) atoms. The summed E-state index contributed by atoms with van der Waals surface area (Å²) < 4.78 is 0. The second-order valence-electron chi connectivity index (χ2n) is 1.71. The van der Waals surface area contributed by atoms with Gasteiger partial charge >= 0.3 is 0 Å². The second-order valence-corrected chi connectivity index (χ2v) is 7.76. The molecule has 0 bridgehead atoms. The van der Waals surface area contributed by atoms with E-state index in [9.17, 15) is 0 Å². The summed E-state index contributed by atoms with van der Waals surface area (Å²) in [6, 6.07) is 0. The molecule has 0 spiro atoms. The van der Waals surface area contributed by atoms with E-state index in [1.165, 1.54) is 12.6 Å². The molecule has 0 N–H and O–H groups in total. The molecule has 0 aromatic rings. The first-order chi connectivity index (χ1) is 3.31. The molecule has 0 saturated carbocycles. The van der Waals surface area contributed by atoms with Gasteiger partial charge in [-0.1, -0.05) is 20.6 Å². The van der Waals surface area contributed by atoms with Crippen molar-refractivity contribution in [3.05, 3.63) is 0 Å². The molecule has 0 saturated heterocycles. The van der Waals surface area contributed by atoms with E-state index in [1.54, 1.807) is 7.87 Å². The Morgan fingerprint density at radius 1 is 1.57 bits per heavy atom. The fourth-order valence-corrected chi connectivity index (χ4v) is 2.76. The minimum absolute atomic E-state index is 0.0923. The first-order valence-electron chi connectivity index (χ1n) is 2.73. The predicted octanol–water partition coefficient (Wildman–Crippen LogP) is 2.73. The van der Waals surface area contributed by atoms with Crippen LogP contribution in [0.25, 0.3) is 0 Å². The predicted molar refractivity (Wildman–Crippen MR) is 42.2 cm³/mol. The molecule has 0 rings (SSSR count). The average Bonchev–Trinajstić information content (AvgIpc) is 1.68. The lowest BCUT2D eigenvalue weighted by molar-refractivity contribution is 1.10. The molecule has 0 aliphatic heterocycles. The van der Waals surface area contributed by atoms with Crippen molar-refractivity contribution >= 4 is 15.1 Å². The molecule has 0 fully saturated rings. The highest BCUT2D eigenvalue weighted by Gasteiger charge is 1.79. The Balaban J connectivity index is 3.17. The molecular formula is C5H14P2. The normalized spacial score (nSPS) is 14.7. The molecule has 44 valence electrons. The highest BCUT2D eigenvalue weighted by molar-refractivity contribution is 7.93. The largest absolute Gasteiger partial charge is 0.115 e. The van der Waals surface area contributed by atoms with Crippen LogP contribution >= 0.6 is 15.1 Å². The van der Waals surface area contributed by atoms with Gasteiger partial charge in [-0.05, 0) is 19.5 Å². The third-order valence-corrected chi connectivity index (χ3v) is 5.94. The lowest BCUT2D eigenvalue weighted by Crippen LogP contribution is -1.65. The molecule has 0 radical (unpaired) electrons. The van der Waals surface area contributed by atoms with Crippen LogP contribution in [0.3, 0.4) is 0 Å². The Morgan fingerprint density at radius 2 is 2.14 bits per heavy atom. The van der Waals surface area contributed by atoms with Gasteiger partial charge in [0.25, 0.3) is 0 Å². The minimum Gasteiger partial charge on any atom is -0.115 e. The van der Waals surface area contributed by atoms with Gasteiger partial charge in [0.2, 0.25) is 0 Å². The van der Waals surface area contributed by atoms with E-state index in [4.69, 9.17) is 0 Å². The Bertz CT molecular complexity index is 66.5. The first kappa shape index (κ1) is 7.73. The Morgan fingerprint density at radius 3 is 2.29 bits per heavy atom. The summed E-state index contributed by atoms with van der Waals surface area (Å²) in [6.07, 6.45) is 2.87. The standard InChI is InChI=1S/C5H14P2/c1-4-5-7(3)6-2/h7H,4-5H2,1-3H3. The maximum atomic E-state index is 2.40. The van der Waals surface area contributed by atoms with Crippen LogP contribution < -0.4 is 0 Å². The summed E-state index contributed by atoms with van der Waals surface area (Å²) >= 11 is 0. The highest BCUT2D eigenvalue weighted by Crippen LogP contribution is 2.29. The molecular weight excluding hydrogens is 122 g/mol. The Kier molecular flexibility index (Phi) is 5.39. The average molecular weight is 136 g/mol. The number of hydrogen-bond donors (Lipinski definition) is 0. The zero-order valence-corrected chi connectivity index (χ0v) is 7.26. The van der Waals surface area contributed by atoms with Crippen LogP contribution in [0.5, 0.6) is 0 Å². The maximum Gasteiger partial charge on any atom is -0.0227 e. The summed E-state index contributed by atoms with van der Waals surface area (Å²) in [5.41, 5.74) is 0. The SMILES string of the molecule is CCC/[PH](C)=P/C. The minimum atomic E-state index is 0.0923. The van der Waals surface area contributed by atoms with Crippen molar-refractivity contribution < 1.29 is 0 Å². The molecule has 0 aliphatic carbocycles. The smallest absolute Gasteiger partial charge is 0.0227 e. The van der Waals surface area contributed by atoms with E-state index < -0.39 is 0 Å². The van der Waals surface area contributed by atoms with Gasteiger partial charge in [-0.15, -0.1) is 7.87 Å². The first-order valence-corrected chi connectivity index (χ1v) is 7.12. The van der Waals surface area contributed by atoms with E-state index in [-0.39, 0.29) is 7.21 Å². The van der Waals surface area contributed by atoms with Gasteiger partial charge < -0.3 is 0 Å². The van der Waals surface area contributed by atoms with E-state index in [1.807, 2.05) is 0 Å². The van der Waals surface area contributed by atoms with Gasteiger partial charge in [0.1, 0.15) is 0 Å². The van der Waals surface area contributed by atoms with Gasteiger partial charge in [0.15, 0.2) is 0 Å². The highest BCUT2D eigenvalue weighted by atomic mass is 31.8. The quantitative estimate of drug-likeness (QED) is 0.512. The molecule has 1 atom stereocenters. The fraction of sp³-hybridized carbons (Fsp3) is 1.00. The van der Waals surface area contributed by atoms with Crippen molar-refractivity contribution in [3.8, 4) is 0 Å². The van der Waals surface area contributed by atoms with Crippen LogP contribution in [-0.4, -0.2) is 19.5 Å². The number of rotatable bonds is 2. The Hall–Kier alpha value is 0.730. The van der Waals surface area contributed by atoms with Crippen molar-refractivity contribution in [1.29, 1.82) is 0 Å².